The highest BCUT2D eigenvalue weighted by atomic mass is 35.5. The Morgan fingerprint density at radius 3 is 2.64 bits per heavy atom. The van der Waals surface area contributed by atoms with Gasteiger partial charge in [-0.2, -0.15) is 5.10 Å². The van der Waals surface area contributed by atoms with Gasteiger partial charge in [-0.3, -0.25) is 5.43 Å². The minimum atomic E-state index is 0.204. The van der Waals surface area contributed by atoms with E-state index in [9.17, 15) is 0 Å². The van der Waals surface area contributed by atoms with Crippen molar-refractivity contribution < 1.29 is 0 Å². The molecule has 3 rings (SSSR count). The maximum Gasteiger partial charge on any atom is 0.166 e. The molecule has 1 aromatic carbocycles. The van der Waals surface area contributed by atoms with Gasteiger partial charge >= 0.3 is 0 Å². The Morgan fingerprint density at radius 1 is 1.00 bits per heavy atom. The first-order valence-corrected chi connectivity index (χ1v) is 8.21. The summed E-state index contributed by atoms with van der Waals surface area (Å²) in [6, 6.07) is 9.91. The van der Waals surface area contributed by atoms with Gasteiger partial charge in [0.05, 0.1) is 15.8 Å². The molecule has 0 saturated carbocycles. The number of nitrogens with zero attached hydrogens (tertiary/aromatic N) is 2. The molecular formula is C16H14Cl3N3. The Bertz CT molecular complexity index is 729. The van der Waals surface area contributed by atoms with Crippen molar-refractivity contribution in [2.45, 2.75) is 25.7 Å². The second-order valence-electron chi connectivity index (χ2n) is 5.13. The smallest absolute Gasteiger partial charge is 0.166 e. The molecule has 0 amide bonds. The SMILES string of the molecule is Clc1cc(Cl)c(N/N=C2/CCCCc3ccccc32)nc1Cl. The summed E-state index contributed by atoms with van der Waals surface area (Å²) in [5.74, 6) is 0.408. The van der Waals surface area contributed by atoms with Crippen LogP contribution in [0.3, 0.4) is 0 Å². The maximum absolute atomic E-state index is 6.11. The lowest BCUT2D eigenvalue weighted by Gasteiger charge is -2.09. The first-order chi connectivity index (χ1) is 10.6. The van der Waals surface area contributed by atoms with Crippen LogP contribution in [-0.4, -0.2) is 10.7 Å². The molecule has 0 spiro atoms. The lowest BCUT2D eigenvalue weighted by Crippen LogP contribution is -2.06. The average molecular weight is 355 g/mol. The van der Waals surface area contributed by atoms with Gasteiger partial charge in [0.15, 0.2) is 5.82 Å². The number of aromatic nitrogens is 1. The minimum absolute atomic E-state index is 0.204. The number of halogens is 3. The molecule has 22 heavy (non-hydrogen) atoms. The molecule has 1 heterocycles. The summed E-state index contributed by atoms with van der Waals surface area (Å²) in [5.41, 5.74) is 6.44. The number of hydrogen-bond donors (Lipinski definition) is 1. The number of pyridine rings is 1. The van der Waals surface area contributed by atoms with Crippen molar-refractivity contribution in [1.29, 1.82) is 0 Å². The van der Waals surface area contributed by atoms with E-state index in [1.54, 1.807) is 6.07 Å². The second-order valence-corrected chi connectivity index (χ2v) is 6.30. The van der Waals surface area contributed by atoms with Crippen LogP contribution in [0, 0.1) is 0 Å². The van der Waals surface area contributed by atoms with Gasteiger partial charge in [0.25, 0.3) is 0 Å². The van der Waals surface area contributed by atoms with E-state index in [2.05, 4.69) is 33.7 Å². The molecule has 0 atom stereocenters. The average Bonchev–Trinajstić information content (AvgIpc) is 2.72. The molecule has 1 aliphatic rings. The lowest BCUT2D eigenvalue weighted by atomic mass is 10.0. The molecule has 0 aliphatic heterocycles. The molecule has 0 bridgehead atoms. The highest BCUT2D eigenvalue weighted by Crippen LogP contribution is 2.29. The Labute approximate surface area is 144 Å². The minimum Gasteiger partial charge on any atom is -0.260 e. The number of aryl methyl sites for hydroxylation is 1. The zero-order valence-electron chi connectivity index (χ0n) is 11.7. The van der Waals surface area contributed by atoms with E-state index < -0.39 is 0 Å². The number of rotatable bonds is 2. The standard InChI is InChI=1S/C16H14Cl3N3/c17-12-9-13(18)16(20-15(12)19)22-21-14-8-4-2-6-10-5-1-3-7-11(10)14/h1,3,5,7,9H,2,4,6,8H2,(H,20,22)/b21-14-. The highest BCUT2D eigenvalue weighted by molar-refractivity contribution is 6.42. The molecule has 1 aromatic heterocycles. The topological polar surface area (TPSA) is 37.3 Å². The molecule has 1 N–H and O–H groups in total. The molecule has 0 saturated heterocycles. The molecule has 114 valence electrons. The van der Waals surface area contributed by atoms with Crippen LogP contribution in [0.2, 0.25) is 15.2 Å². The van der Waals surface area contributed by atoms with Gasteiger partial charge in [-0.05, 0) is 37.3 Å². The lowest BCUT2D eigenvalue weighted by molar-refractivity contribution is 0.776. The molecule has 2 aromatic rings. The largest absolute Gasteiger partial charge is 0.260 e. The van der Waals surface area contributed by atoms with Crippen molar-refractivity contribution in [2.75, 3.05) is 5.43 Å². The second kappa shape index (κ2) is 6.86. The van der Waals surface area contributed by atoms with E-state index in [1.165, 1.54) is 17.5 Å². The Hall–Kier alpha value is -1.29. The van der Waals surface area contributed by atoms with Crippen molar-refractivity contribution in [3.05, 3.63) is 56.7 Å². The summed E-state index contributed by atoms with van der Waals surface area (Å²) in [5, 5.41) is 5.42. The normalized spacial score (nSPS) is 16.2. The number of fused-ring (bicyclic) bond motifs is 1. The van der Waals surface area contributed by atoms with Crippen LogP contribution in [0.1, 0.15) is 30.4 Å². The monoisotopic (exact) mass is 353 g/mol. The fourth-order valence-corrected chi connectivity index (χ4v) is 3.06. The Morgan fingerprint density at radius 2 is 1.77 bits per heavy atom. The van der Waals surface area contributed by atoms with E-state index in [0.717, 1.165) is 25.0 Å². The van der Waals surface area contributed by atoms with Crippen LogP contribution in [0.15, 0.2) is 35.4 Å². The van der Waals surface area contributed by atoms with Crippen molar-refractivity contribution in [1.82, 2.24) is 4.98 Å². The third-order valence-electron chi connectivity index (χ3n) is 3.62. The molecule has 0 unspecified atom stereocenters. The van der Waals surface area contributed by atoms with E-state index in [0.29, 0.717) is 15.9 Å². The molecule has 6 heteroatoms. The van der Waals surface area contributed by atoms with Crippen molar-refractivity contribution in [2.24, 2.45) is 5.10 Å². The van der Waals surface area contributed by atoms with Crippen LogP contribution in [0.5, 0.6) is 0 Å². The Kier molecular flexibility index (Phi) is 4.87. The summed E-state index contributed by atoms with van der Waals surface area (Å²) in [4.78, 5) is 4.12. The fraction of sp³-hybridized carbons (Fsp3) is 0.250. The molecule has 1 aliphatic carbocycles. The van der Waals surface area contributed by atoms with Crippen LogP contribution in [0.25, 0.3) is 0 Å². The third-order valence-corrected chi connectivity index (χ3v) is 4.58. The van der Waals surface area contributed by atoms with Gasteiger partial charge in [0.2, 0.25) is 0 Å². The summed E-state index contributed by atoms with van der Waals surface area (Å²) < 4.78 is 0. The fourth-order valence-electron chi connectivity index (χ4n) is 2.52. The van der Waals surface area contributed by atoms with Gasteiger partial charge < -0.3 is 0 Å². The first-order valence-electron chi connectivity index (χ1n) is 7.07. The van der Waals surface area contributed by atoms with Crippen molar-refractivity contribution in [3.8, 4) is 0 Å². The third kappa shape index (κ3) is 3.37. The number of hydrogen-bond acceptors (Lipinski definition) is 3. The van der Waals surface area contributed by atoms with Crippen LogP contribution in [-0.2, 0) is 6.42 Å². The summed E-state index contributed by atoms with van der Waals surface area (Å²) >= 11 is 17.9. The van der Waals surface area contributed by atoms with E-state index in [1.807, 2.05) is 6.07 Å². The Balaban J connectivity index is 1.91. The van der Waals surface area contributed by atoms with Crippen molar-refractivity contribution in [3.63, 3.8) is 0 Å². The van der Waals surface area contributed by atoms with Crippen LogP contribution >= 0.6 is 34.8 Å². The molecule has 0 radical (unpaired) electrons. The van der Waals surface area contributed by atoms with Crippen LogP contribution < -0.4 is 5.43 Å². The summed E-state index contributed by atoms with van der Waals surface area (Å²) in [6.07, 6.45) is 4.28. The van der Waals surface area contributed by atoms with E-state index in [-0.39, 0.29) is 5.15 Å². The quantitative estimate of drug-likeness (QED) is 0.434. The van der Waals surface area contributed by atoms with Gasteiger partial charge in [0, 0.05) is 5.56 Å². The number of benzene rings is 1. The zero-order valence-corrected chi connectivity index (χ0v) is 14.0. The molecule has 3 nitrogen and oxygen atoms in total. The summed E-state index contributed by atoms with van der Waals surface area (Å²) in [7, 11) is 0. The van der Waals surface area contributed by atoms with E-state index in [4.69, 9.17) is 34.8 Å². The molecular weight excluding hydrogens is 341 g/mol. The molecule has 0 fully saturated rings. The van der Waals surface area contributed by atoms with Gasteiger partial charge in [-0.1, -0.05) is 59.1 Å². The van der Waals surface area contributed by atoms with Gasteiger partial charge in [-0.25, -0.2) is 4.98 Å². The predicted octanol–water partition coefficient (Wildman–Crippen LogP) is 5.58. The number of nitrogens with one attached hydrogen (secondary N) is 1. The number of hydrazone groups is 1. The number of anilines is 1. The highest BCUT2D eigenvalue weighted by Gasteiger charge is 2.14. The van der Waals surface area contributed by atoms with Gasteiger partial charge in [-0.15, -0.1) is 0 Å². The van der Waals surface area contributed by atoms with Crippen molar-refractivity contribution >= 4 is 46.3 Å². The maximum atomic E-state index is 6.11. The first kappa shape index (κ1) is 15.6. The zero-order chi connectivity index (χ0) is 15.5. The van der Waals surface area contributed by atoms with E-state index >= 15 is 0 Å². The van der Waals surface area contributed by atoms with Gasteiger partial charge in [0.1, 0.15) is 5.15 Å². The summed E-state index contributed by atoms with van der Waals surface area (Å²) in [6.45, 7) is 0. The predicted molar refractivity (Wildman–Crippen MR) is 93.4 cm³/mol. The van der Waals surface area contributed by atoms with Crippen LogP contribution in [0.4, 0.5) is 5.82 Å².